The summed E-state index contributed by atoms with van der Waals surface area (Å²) in [5.74, 6) is 1.82. The number of aromatic nitrogens is 2. The van der Waals surface area contributed by atoms with Crippen LogP contribution in [0.15, 0.2) is 4.99 Å². The van der Waals surface area contributed by atoms with Gasteiger partial charge in [0.2, 0.25) is 5.13 Å². The summed E-state index contributed by atoms with van der Waals surface area (Å²) < 4.78 is 4.37. The smallest absolute Gasteiger partial charge is 0.205 e. The topological polar surface area (TPSA) is 76.9 Å². The van der Waals surface area contributed by atoms with E-state index in [1.54, 1.807) is 0 Å². The average molecular weight is 480 g/mol. The second-order valence-corrected chi connectivity index (χ2v) is 7.38. The van der Waals surface area contributed by atoms with E-state index in [9.17, 15) is 5.11 Å². The van der Waals surface area contributed by atoms with E-state index >= 15 is 0 Å². The van der Waals surface area contributed by atoms with Gasteiger partial charge >= 0.3 is 0 Å². The van der Waals surface area contributed by atoms with Crippen LogP contribution in [-0.2, 0) is 6.42 Å². The molecule has 9 heteroatoms. The number of aryl methyl sites for hydroxylation is 1. The molecule has 3 rings (SSSR count). The van der Waals surface area contributed by atoms with Crippen LogP contribution in [0.4, 0.5) is 5.13 Å². The van der Waals surface area contributed by atoms with Crippen LogP contribution in [0.1, 0.15) is 38.4 Å². The molecule has 0 unspecified atom stereocenters. The molecule has 1 aliphatic carbocycles. The zero-order valence-electron chi connectivity index (χ0n) is 15.1. The molecule has 0 atom stereocenters. The van der Waals surface area contributed by atoms with Crippen LogP contribution < -0.4 is 10.2 Å². The molecule has 7 nitrogen and oxygen atoms in total. The van der Waals surface area contributed by atoms with Gasteiger partial charge in [0.15, 0.2) is 5.96 Å². The van der Waals surface area contributed by atoms with Gasteiger partial charge in [-0.05, 0) is 12.8 Å². The molecule has 2 heterocycles. The first-order valence-electron chi connectivity index (χ1n) is 8.89. The van der Waals surface area contributed by atoms with Crippen LogP contribution in [-0.4, -0.2) is 70.7 Å². The number of anilines is 1. The maximum Gasteiger partial charge on any atom is 0.205 e. The van der Waals surface area contributed by atoms with Gasteiger partial charge < -0.3 is 20.2 Å². The lowest BCUT2D eigenvalue weighted by Gasteiger charge is -2.37. The van der Waals surface area contributed by atoms with Gasteiger partial charge in [-0.15, -0.1) is 24.0 Å². The summed E-state index contributed by atoms with van der Waals surface area (Å²) in [7, 11) is 1.81. The second kappa shape index (κ2) is 9.31. The maximum absolute atomic E-state index is 10.5. The van der Waals surface area contributed by atoms with Gasteiger partial charge in [0.1, 0.15) is 5.82 Å². The van der Waals surface area contributed by atoms with Crippen LogP contribution in [0.5, 0.6) is 0 Å². The Hall–Kier alpha value is -0.680. The Bertz CT molecular complexity index is 567. The standard InChI is InChI=1S/C16H28N6OS.HI/c1-3-13-19-15(24-20-13)22-10-8-21(9-11-22)14(17-2)18-12-16(23)6-4-5-7-16;/h23H,3-12H2,1-2H3,(H,17,18);1H. The van der Waals surface area contributed by atoms with Crippen LogP contribution in [0.3, 0.4) is 0 Å². The minimum atomic E-state index is -0.555. The van der Waals surface area contributed by atoms with Crippen molar-refractivity contribution in [3.63, 3.8) is 0 Å². The highest BCUT2D eigenvalue weighted by atomic mass is 127. The summed E-state index contributed by atoms with van der Waals surface area (Å²) in [5, 5.41) is 14.9. The van der Waals surface area contributed by atoms with Gasteiger partial charge in [-0.3, -0.25) is 4.99 Å². The molecule has 1 aromatic heterocycles. The number of halogens is 1. The quantitative estimate of drug-likeness (QED) is 0.389. The van der Waals surface area contributed by atoms with Crippen LogP contribution in [0.25, 0.3) is 0 Å². The second-order valence-electron chi connectivity index (χ2n) is 6.65. The summed E-state index contributed by atoms with van der Waals surface area (Å²) >= 11 is 1.49. The lowest BCUT2D eigenvalue weighted by Crippen LogP contribution is -2.54. The molecule has 2 aliphatic rings. The van der Waals surface area contributed by atoms with Gasteiger partial charge in [-0.1, -0.05) is 19.8 Å². The van der Waals surface area contributed by atoms with E-state index in [-0.39, 0.29) is 24.0 Å². The number of nitrogens with one attached hydrogen (secondary N) is 1. The van der Waals surface area contributed by atoms with Crippen molar-refractivity contribution in [2.24, 2.45) is 4.99 Å². The summed E-state index contributed by atoms with van der Waals surface area (Å²) in [6.07, 6.45) is 4.91. The molecule has 2 N–H and O–H groups in total. The lowest BCUT2D eigenvalue weighted by atomic mass is 10.0. The van der Waals surface area contributed by atoms with Gasteiger partial charge in [0.25, 0.3) is 0 Å². The minimum Gasteiger partial charge on any atom is -0.388 e. The average Bonchev–Trinajstić information content (AvgIpc) is 3.25. The number of piperazine rings is 1. The molecule has 2 fully saturated rings. The largest absolute Gasteiger partial charge is 0.388 e. The van der Waals surface area contributed by atoms with Gasteiger partial charge in [0.05, 0.1) is 5.60 Å². The first-order chi connectivity index (χ1) is 11.6. The van der Waals surface area contributed by atoms with Crippen LogP contribution in [0, 0.1) is 0 Å². The highest BCUT2D eigenvalue weighted by molar-refractivity contribution is 14.0. The van der Waals surface area contributed by atoms with E-state index in [4.69, 9.17) is 0 Å². The number of hydrogen-bond donors (Lipinski definition) is 2. The zero-order chi connectivity index (χ0) is 17.0. The van der Waals surface area contributed by atoms with Crippen molar-refractivity contribution in [2.45, 2.75) is 44.6 Å². The third-order valence-corrected chi connectivity index (χ3v) is 5.76. The number of aliphatic hydroxyl groups is 1. The molecule has 142 valence electrons. The fraction of sp³-hybridized carbons (Fsp3) is 0.812. The van der Waals surface area contributed by atoms with Crippen molar-refractivity contribution in [3.8, 4) is 0 Å². The first kappa shape index (κ1) is 20.6. The number of hydrogen-bond acceptors (Lipinski definition) is 6. The van der Waals surface area contributed by atoms with E-state index in [1.165, 1.54) is 11.5 Å². The number of aliphatic imine (C=N–C) groups is 1. The fourth-order valence-corrected chi connectivity index (χ4v) is 4.21. The molecule has 0 spiro atoms. The van der Waals surface area contributed by atoms with Gasteiger partial charge in [-0.2, -0.15) is 4.37 Å². The van der Waals surface area contributed by atoms with E-state index in [0.717, 1.165) is 75.2 Å². The summed E-state index contributed by atoms with van der Waals surface area (Å²) in [4.78, 5) is 13.5. The molecular weight excluding hydrogens is 451 g/mol. The SMILES string of the molecule is CCc1nsc(N2CCN(C(=NC)NCC3(O)CCCC3)CC2)n1.I. The van der Waals surface area contributed by atoms with Gasteiger partial charge in [0, 0.05) is 57.7 Å². The Labute approximate surface area is 171 Å². The Morgan fingerprint density at radius 3 is 2.52 bits per heavy atom. The van der Waals surface area contributed by atoms with Crippen molar-refractivity contribution in [1.82, 2.24) is 19.6 Å². The number of rotatable bonds is 4. The summed E-state index contributed by atoms with van der Waals surface area (Å²) in [5.41, 5.74) is -0.555. The Morgan fingerprint density at radius 2 is 1.96 bits per heavy atom. The monoisotopic (exact) mass is 480 g/mol. The van der Waals surface area contributed by atoms with Crippen molar-refractivity contribution in [3.05, 3.63) is 5.82 Å². The molecule has 1 saturated heterocycles. The van der Waals surface area contributed by atoms with Crippen LogP contribution >= 0.6 is 35.5 Å². The molecule has 0 amide bonds. The highest BCUT2D eigenvalue weighted by Crippen LogP contribution is 2.28. The minimum absolute atomic E-state index is 0. The predicted octanol–water partition coefficient (Wildman–Crippen LogP) is 1.72. The normalized spacial score (nSPS) is 20.5. The molecule has 0 radical (unpaired) electrons. The van der Waals surface area contributed by atoms with Crippen molar-refractivity contribution < 1.29 is 5.11 Å². The predicted molar refractivity (Wildman–Crippen MR) is 113 cm³/mol. The molecule has 25 heavy (non-hydrogen) atoms. The molecule has 1 saturated carbocycles. The van der Waals surface area contributed by atoms with Crippen LogP contribution in [0.2, 0.25) is 0 Å². The van der Waals surface area contributed by atoms with Crippen molar-refractivity contribution in [2.75, 3.05) is 44.7 Å². The number of nitrogens with zero attached hydrogens (tertiary/aromatic N) is 5. The Kier molecular flexibility index (Phi) is 7.68. The maximum atomic E-state index is 10.5. The third kappa shape index (κ3) is 5.16. The Balaban J connectivity index is 0.00000225. The number of guanidine groups is 1. The summed E-state index contributed by atoms with van der Waals surface area (Å²) in [6, 6.07) is 0. The van der Waals surface area contributed by atoms with E-state index in [2.05, 4.69) is 36.4 Å². The highest BCUT2D eigenvalue weighted by Gasteiger charge is 2.32. The van der Waals surface area contributed by atoms with Gasteiger partial charge in [-0.25, -0.2) is 4.98 Å². The molecule has 0 bridgehead atoms. The van der Waals surface area contributed by atoms with E-state index < -0.39 is 5.60 Å². The molecule has 0 aromatic carbocycles. The molecule has 1 aromatic rings. The van der Waals surface area contributed by atoms with E-state index in [0.29, 0.717) is 6.54 Å². The zero-order valence-corrected chi connectivity index (χ0v) is 18.2. The molecular formula is C16H29IN6OS. The Morgan fingerprint density at radius 1 is 1.28 bits per heavy atom. The van der Waals surface area contributed by atoms with Crippen molar-refractivity contribution in [1.29, 1.82) is 0 Å². The lowest BCUT2D eigenvalue weighted by molar-refractivity contribution is 0.0515. The van der Waals surface area contributed by atoms with E-state index in [1.807, 2.05) is 7.05 Å². The third-order valence-electron chi connectivity index (χ3n) is 4.94. The fourth-order valence-electron chi connectivity index (χ4n) is 3.41. The summed E-state index contributed by atoms with van der Waals surface area (Å²) in [6.45, 7) is 6.32. The van der Waals surface area contributed by atoms with Crippen molar-refractivity contribution >= 4 is 46.6 Å². The first-order valence-corrected chi connectivity index (χ1v) is 9.66. The molecule has 1 aliphatic heterocycles.